The number of fused-ring (bicyclic) bond motifs is 1. The first kappa shape index (κ1) is 14.5. The van der Waals surface area contributed by atoms with Gasteiger partial charge in [-0.1, -0.05) is 54.1 Å². The minimum Gasteiger partial charge on any atom is -0.273 e. The summed E-state index contributed by atoms with van der Waals surface area (Å²) in [4.78, 5) is 0.364. The Labute approximate surface area is 137 Å². The Hall–Kier alpha value is -2.07. The summed E-state index contributed by atoms with van der Waals surface area (Å²) in [6.07, 6.45) is 3.80. The van der Waals surface area contributed by atoms with Crippen LogP contribution in [-0.4, -0.2) is 19.3 Å². The number of aryl methyl sites for hydroxylation is 1. The monoisotopic (exact) mass is 325 g/mol. The summed E-state index contributed by atoms with van der Waals surface area (Å²) in [5.74, 6) is 1.31. The molecule has 1 saturated carbocycles. The molecule has 2 aromatic carbocycles. The van der Waals surface area contributed by atoms with Gasteiger partial charge in [0.2, 0.25) is 0 Å². The smallest absolute Gasteiger partial charge is 0.263 e. The summed E-state index contributed by atoms with van der Waals surface area (Å²) in [5, 5.41) is 0. The second-order valence-corrected chi connectivity index (χ2v) is 8.30. The van der Waals surface area contributed by atoms with Gasteiger partial charge in [0.15, 0.2) is 0 Å². The van der Waals surface area contributed by atoms with Crippen molar-refractivity contribution in [3.8, 4) is 0 Å². The fraction of sp³-hybridized carbons (Fsp3) is 0.263. The van der Waals surface area contributed by atoms with Gasteiger partial charge in [0.25, 0.3) is 10.0 Å². The summed E-state index contributed by atoms with van der Waals surface area (Å²) < 4.78 is 27.1. The van der Waals surface area contributed by atoms with Crippen molar-refractivity contribution in [2.24, 2.45) is 11.8 Å². The van der Waals surface area contributed by atoms with Crippen molar-refractivity contribution in [3.63, 3.8) is 0 Å². The van der Waals surface area contributed by atoms with E-state index in [1.54, 1.807) is 18.3 Å². The second kappa shape index (κ2) is 5.24. The predicted molar refractivity (Wildman–Crippen MR) is 90.4 cm³/mol. The Bertz CT molecular complexity index is 841. The Morgan fingerprint density at radius 3 is 2.39 bits per heavy atom. The normalized spacial score (nSPS) is 26.0. The van der Waals surface area contributed by atoms with Crippen molar-refractivity contribution in [3.05, 3.63) is 78.0 Å². The zero-order valence-electron chi connectivity index (χ0n) is 13.0. The van der Waals surface area contributed by atoms with E-state index >= 15 is 0 Å². The largest absolute Gasteiger partial charge is 0.273 e. The van der Waals surface area contributed by atoms with Crippen LogP contribution in [0, 0.1) is 18.8 Å². The molecule has 3 nitrogen and oxygen atoms in total. The first-order valence-corrected chi connectivity index (χ1v) is 9.33. The van der Waals surface area contributed by atoms with Crippen LogP contribution < -0.4 is 0 Å². The zero-order valence-corrected chi connectivity index (χ0v) is 13.8. The third kappa shape index (κ3) is 2.47. The van der Waals surface area contributed by atoms with Crippen LogP contribution in [0.4, 0.5) is 0 Å². The number of hydrogen-bond acceptors (Lipinski definition) is 2. The summed E-state index contributed by atoms with van der Waals surface area (Å²) in [7, 11) is -3.44. The lowest BCUT2D eigenvalue weighted by molar-refractivity contribution is 0.460. The lowest BCUT2D eigenvalue weighted by Crippen LogP contribution is -2.30. The molecule has 4 rings (SSSR count). The Morgan fingerprint density at radius 1 is 1.00 bits per heavy atom. The third-order valence-corrected chi connectivity index (χ3v) is 6.66. The van der Waals surface area contributed by atoms with Gasteiger partial charge in [-0.25, -0.2) is 8.42 Å². The average molecular weight is 325 g/mol. The van der Waals surface area contributed by atoms with Crippen molar-refractivity contribution >= 4 is 10.0 Å². The highest BCUT2D eigenvalue weighted by atomic mass is 32.2. The number of benzene rings is 2. The van der Waals surface area contributed by atoms with Crippen molar-refractivity contribution in [1.82, 2.24) is 4.31 Å². The van der Waals surface area contributed by atoms with E-state index in [0.717, 1.165) is 5.56 Å². The predicted octanol–water partition coefficient (Wildman–Crippen LogP) is 3.54. The molecule has 2 aromatic rings. The molecular formula is C19H19NO2S. The van der Waals surface area contributed by atoms with Crippen LogP contribution in [-0.2, 0) is 10.0 Å². The lowest BCUT2D eigenvalue weighted by atomic mass is 10.1. The molecule has 4 heteroatoms. The standard InChI is InChI=1S/C19H19NO2S/c1-14-7-9-16(10-8-14)23(21,22)20-12-11-17-18(13-20)19(17)15-5-3-2-4-6-15/h2-12,17-19H,13H2,1H3/t17-,18+,19+/m0/s1. The molecule has 0 amide bonds. The van der Waals surface area contributed by atoms with Crippen LogP contribution in [0.3, 0.4) is 0 Å². The number of hydrogen-bond donors (Lipinski definition) is 0. The van der Waals surface area contributed by atoms with Crippen molar-refractivity contribution in [2.45, 2.75) is 17.7 Å². The number of allylic oxidation sites excluding steroid dienone is 1. The molecule has 0 unspecified atom stereocenters. The summed E-state index contributed by atoms with van der Waals surface area (Å²) in [6.45, 7) is 2.52. The molecule has 1 aliphatic carbocycles. The van der Waals surface area contributed by atoms with Crippen LogP contribution in [0.15, 0.2) is 71.8 Å². The molecule has 118 valence electrons. The highest BCUT2D eigenvalue weighted by Crippen LogP contribution is 2.57. The van der Waals surface area contributed by atoms with Crippen LogP contribution >= 0.6 is 0 Å². The van der Waals surface area contributed by atoms with E-state index in [9.17, 15) is 8.42 Å². The maximum atomic E-state index is 12.8. The lowest BCUT2D eigenvalue weighted by Gasteiger charge is -2.23. The molecule has 0 bridgehead atoms. The molecule has 0 N–H and O–H groups in total. The summed E-state index contributed by atoms with van der Waals surface area (Å²) in [5.41, 5.74) is 2.37. The first-order chi connectivity index (χ1) is 11.1. The Kier molecular flexibility index (Phi) is 3.31. The molecule has 2 aliphatic rings. The van der Waals surface area contributed by atoms with E-state index in [2.05, 4.69) is 18.2 Å². The molecule has 1 aliphatic heterocycles. The highest BCUT2D eigenvalue weighted by Gasteiger charge is 2.52. The van der Waals surface area contributed by atoms with Crippen LogP contribution in [0.2, 0.25) is 0 Å². The van der Waals surface area contributed by atoms with Gasteiger partial charge in [-0.05, 0) is 42.4 Å². The van der Waals surface area contributed by atoms with Crippen LogP contribution in [0.5, 0.6) is 0 Å². The SMILES string of the molecule is Cc1ccc(S(=O)(=O)N2C=C[C@H]3[C@@H](C2)[C@@H]3c2ccccc2)cc1. The van der Waals surface area contributed by atoms with Gasteiger partial charge in [0.1, 0.15) is 0 Å². The van der Waals surface area contributed by atoms with E-state index in [4.69, 9.17) is 0 Å². The highest BCUT2D eigenvalue weighted by molar-refractivity contribution is 7.89. The van der Waals surface area contributed by atoms with Gasteiger partial charge in [0, 0.05) is 12.7 Å². The first-order valence-electron chi connectivity index (χ1n) is 7.89. The molecule has 23 heavy (non-hydrogen) atoms. The summed E-state index contributed by atoms with van der Waals surface area (Å²) in [6, 6.07) is 17.4. The molecule has 3 atom stereocenters. The quantitative estimate of drug-likeness (QED) is 0.865. The van der Waals surface area contributed by atoms with Gasteiger partial charge in [-0.3, -0.25) is 4.31 Å². The molecule has 1 heterocycles. The van der Waals surface area contributed by atoms with E-state index in [-0.39, 0.29) is 0 Å². The minimum absolute atomic E-state index is 0.364. The Balaban J connectivity index is 1.56. The second-order valence-electron chi connectivity index (χ2n) is 6.41. The number of nitrogens with zero attached hydrogens (tertiary/aromatic N) is 1. The van der Waals surface area contributed by atoms with Crippen molar-refractivity contribution < 1.29 is 8.42 Å². The van der Waals surface area contributed by atoms with Gasteiger partial charge in [-0.2, -0.15) is 0 Å². The van der Waals surface area contributed by atoms with E-state index in [1.165, 1.54) is 9.87 Å². The maximum absolute atomic E-state index is 12.8. The third-order valence-electron chi connectivity index (χ3n) is 4.91. The molecule has 1 fully saturated rings. The van der Waals surface area contributed by atoms with Gasteiger partial charge < -0.3 is 0 Å². The molecule has 0 spiro atoms. The fourth-order valence-electron chi connectivity index (χ4n) is 3.53. The van der Waals surface area contributed by atoms with Gasteiger partial charge in [0.05, 0.1) is 4.90 Å². The van der Waals surface area contributed by atoms with Crippen LogP contribution in [0.1, 0.15) is 17.0 Å². The van der Waals surface area contributed by atoms with E-state index in [0.29, 0.717) is 29.2 Å². The van der Waals surface area contributed by atoms with Crippen molar-refractivity contribution in [2.75, 3.05) is 6.54 Å². The van der Waals surface area contributed by atoms with Gasteiger partial charge in [-0.15, -0.1) is 0 Å². The summed E-state index contributed by atoms with van der Waals surface area (Å²) >= 11 is 0. The Morgan fingerprint density at radius 2 is 1.70 bits per heavy atom. The fourth-order valence-corrected chi connectivity index (χ4v) is 4.88. The topological polar surface area (TPSA) is 37.4 Å². The zero-order chi connectivity index (χ0) is 16.0. The number of rotatable bonds is 3. The van der Waals surface area contributed by atoms with E-state index in [1.807, 2.05) is 37.3 Å². The van der Waals surface area contributed by atoms with Gasteiger partial charge >= 0.3 is 0 Å². The van der Waals surface area contributed by atoms with E-state index < -0.39 is 10.0 Å². The molecule has 0 radical (unpaired) electrons. The maximum Gasteiger partial charge on any atom is 0.263 e. The number of sulfonamides is 1. The minimum atomic E-state index is -3.44. The molecule has 0 aromatic heterocycles. The molecule has 0 saturated heterocycles. The van der Waals surface area contributed by atoms with Crippen molar-refractivity contribution in [1.29, 1.82) is 0 Å². The van der Waals surface area contributed by atoms with Crippen LogP contribution in [0.25, 0.3) is 0 Å². The average Bonchev–Trinajstić information content (AvgIpc) is 3.29. The molecular weight excluding hydrogens is 306 g/mol.